The van der Waals surface area contributed by atoms with E-state index in [1.54, 1.807) is 18.2 Å². The lowest BCUT2D eigenvalue weighted by molar-refractivity contribution is 0.107. The highest BCUT2D eigenvalue weighted by atomic mass is 35.5. The topological polar surface area (TPSA) is 56.8 Å². The molecule has 2 N–H and O–H groups in total. The van der Waals surface area contributed by atoms with Crippen LogP contribution in [-0.4, -0.2) is 19.0 Å². The standard InChI is InChI=1S/C15H15ClN2O2/c16-13-6-4-5-12(11-13)15(17)18-20-10-9-19-14-7-2-1-3-8-14/h1-8,11H,9-10H2,(H2,17,18). The molecule has 2 aromatic carbocycles. The molecule has 0 saturated carbocycles. The van der Waals surface area contributed by atoms with Crippen molar-refractivity contribution in [1.82, 2.24) is 0 Å². The second kappa shape index (κ2) is 7.40. The third kappa shape index (κ3) is 4.48. The van der Waals surface area contributed by atoms with Crippen LogP contribution in [0.3, 0.4) is 0 Å². The highest BCUT2D eigenvalue weighted by Gasteiger charge is 1.99. The fraction of sp³-hybridized carbons (Fsp3) is 0.133. The van der Waals surface area contributed by atoms with Gasteiger partial charge in [0.2, 0.25) is 0 Å². The molecule has 2 rings (SSSR count). The minimum Gasteiger partial charge on any atom is -0.490 e. The molecule has 0 aliphatic heterocycles. The molecule has 0 unspecified atom stereocenters. The van der Waals surface area contributed by atoms with Crippen LogP contribution in [-0.2, 0) is 4.84 Å². The zero-order chi connectivity index (χ0) is 14.2. The molecule has 0 aromatic heterocycles. The second-order valence-electron chi connectivity index (χ2n) is 3.98. The van der Waals surface area contributed by atoms with Gasteiger partial charge in [0.25, 0.3) is 0 Å². The average molecular weight is 291 g/mol. The number of hydrogen-bond acceptors (Lipinski definition) is 3. The van der Waals surface area contributed by atoms with E-state index in [1.807, 2.05) is 36.4 Å². The lowest BCUT2D eigenvalue weighted by Gasteiger charge is -2.05. The summed E-state index contributed by atoms with van der Waals surface area (Å²) in [7, 11) is 0. The van der Waals surface area contributed by atoms with Crippen LogP contribution in [0.5, 0.6) is 5.75 Å². The van der Waals surface area contributed by atoms with Crippen molar-refractivity contribution in [2.45, 2.75) is 0 Å². The lowest BCUT2D eigenvalue weighted by atomic mass is 10.2. The molecule has 0 aliphatic rings. The summed E-state index contributed by atoms with van der Waals surface area (Å²) in [5, 5.41) is 4.43. The Kier molecular flexibility index (Phi) is 5.26. The van der Waals surface area contributed by atoms with E-state index in [4.69, 9.17) is 26.9 Å². The van der Waals surface area contributed by atoms with Crippen LogP contribution >= 0.6 is 11.6 Å². The molecule has 0 fully saturated rings. The minimum absolute atomic E-state index is 0.284. The summed E-state index contributed by atoms with van der Waals surface area (Å²) in [4.78, 5) is 5.11. The maximum atomic E-state index is 5.87. The lowest BCUT2D eigenvalue weighted by Crippen LogP contribution is -2.15. The Balaban J connectivity index is 1.76. The Bertz CT molecular complexity index is 573. The van der Waals surface area contributed by atoms with Crippen molar-refractivity contribution >= 4 is 17.4 Å². The summed E-state index contributed by atoms with van der Waals surface area (Å²) in [6, 6.07) is 16.6. The number of amidine groups is 1. The predicted molar refractivity (Wildman–Crippen MR) is 80.1 cm³/mol. The molecule has 0 saturated heterocycles. The molecule has 104 valence electrons. The van der Waals surface area contributed by atoms with Gasteiger partial charge in [-0.05, 0) is 24.3 Å². The Morgan fingerprint density at radius 2 is 1.85 bits per heavy atom. The van der Waals surface area contributed by atoms with Crippen LogP contribution in [0.4, 0.5) is 0 Å². The highest BCUT2D eigenvalue weighted by molar-refractivity contribution is 6.31. The number of nitrogens with two attached hydrogens (primary N) is 1. The normalized spacial score (nSPS) is 11.2. The first-order valence-corrected chi connectivity index (χ1v) is 6.53. The molecule has 0 bridgehead atoms. The van der Waals surface area contributed by atoms with Gasteiger partial charge in [-0.1, -0.05) is 47.1 Å². The van der Waals surface area contributed by atoms with Crippen molar-refractivity contribution in [3.8, 4) is 5.75 Å². The van der Waals surface area contributed by atoms with Crippen LogP contribution in [0.2, 0.25) is 5.02 Å². The first kappa shape index (κ1) is 14.2. The van der Waals surface area contributed by atoms with E-state index in [0.717, 1.165) is 11.3 Å². The van der Waals surface area contributed by atoms with E-state index in [-0.39, 0.29) is 5.84 Å². The molecule has 0 atom stereocenters. The Labute approximate surface area is 122 Å². The molecule has 0 radical (unpaired) electrons. The highest BCUT2D eigenvalue weighted by Crippen LogP contribution is 2.10. The van der Waals surface area contributed by atoms with E-state index in [9.17, 15) is 0 Å². The van der Waals surface area contributed by atoms with Gasteiger partial charge < -0.3 is 15.3 Å². The molecular weight excluding hydrogens is 276 g/mol. The summed E-state index contributed by atoms with van der Waals surface area (Å²) in [6.07, 6.45) is 0. The van der Waals surface area contributed by atoms with Gasteiger partial charge in [-0.3, -0.25) is 0 Å². The fourth-order valence-electron chi connectivity index (χ4n) is 1.53. The fourth-order valence-corrected chi connectivity index (χ4v) is 1.72. The van der Waals surface area contributed by atoms with Crippen molar-refractivity contribution in [2.24, 2.45) is 10.9 Å². The van der Waals surface area contributed by atoms with Gasteiger partial charge >= 0.3 is 0 Å². The maximum absolute atomic E-state index is 5.87. The predicted octanol–water partition coefficient (Wildman–Crippen LogP) is 3.06. The summed E-state index contributed by atoms with van der Waals surface area (Å²) in [5.41, 5.74) is 6.51. The number of oxime groups is 1. The van der Waals surface area contributed by atoms with Crippen molar-refractivity contribution in [2.75, 3.05) is 13.2 Å². The number of hydrogen-bond donors (Lipinski definition) is 1. The monoisotopic (exact) mass is 290 g/mol. The molecule has 4 nitrogen and oxygen atoms in total. The van der Waals surface area contributed by atoms with E-state index in [1.165, 1.54) is 0 Å². The number of halogens is 1. The maximum Gasteiger partial charge on any atom is 0.170 e. The molecule has 0 aliphatic carbocycles. The van der Waals surface area contributed by atoms with Gasteiger partial charge in [0.15, 0.2) is 12.4 Å². The summed E-state index contributed by atoms with van der Waals surface area (Å²) < 4.78 is 5.46. The number of para-hydroxylation sites is 1. The van der Waals surface area contributed by atoms with Crippen LogP contribution < -0.4 is 10.5 Å². The summed E-state index contributed by atoms with van der Waals surface area (Å²) in [5.74, 6) is 1.08. The van der Waals surface area contributed by atoms with Crippen LogP contribution in [0.1, 0.15) is 5.56 Å². The van der Waals surface area contributed by atoms with Crippen molar-refractivity contribution in [3.63, 3.8) is 0 Å². The van der Waals surface area contributed by atoms with Crippen molar-refractivity contribution in [3.05, 3.63) is 65.2 Å². The molecule has 20 heavy (non-hydrogen) atoms. The van der Waals surface area contributed by atoms with E-state index < -0.39 is 0 Å². The molecule has 2 aromatic rings. The van der Waals surface area contributed by atoms with E-state index in [0.29, 0.717) is 18.2 Å². The van der Waals surface area contributed by atoms with Crippen LogP contribution in [0.15, 0.2) is 59.8 Å². The molecular formula is C15H15ClN2O2. The van der Waals surface area contributed by atoms with E-state index in [2.05, 4.69) is 5.16 Å². The van der Waals surface area contributed by atoms with Crippen molar-refractivity contribution in [1.29, 1.82) is 0 Å². The van der Waals surface area contributed by atoms with Gasteiger partial charge in [0, 0.05) is 10.6 Å². The minimum atomic E-state index is 0.284. The molecule has 0 amide bonds. The molecule has 5 heteroatoms. The summed E-state index contributed by atoms with van der Waals surface area (Å²) >= 11 is 5.87. The number of benzene rings is 2. The third-order valence-corrected chi connectivity index (χ3v) is 2.70. The summed E-state index contributed by atoms with van der Waals surface area (Å²) in [6.45, 7) is 0.715. The number of nitrogens with zero attached hydrogens (tertiary/aromatic N) is 1. The largest absolute Gasteiger partial charge is 0.490 e. The average Bonchev–Trinajstić information content (AvgIpc) is 2.48. The zero-order valence-electron chi connectivity index (χ0n) is 10.8. The third-order valence-electron chi connectivity index (χ3n) is 2.47. The first-order chi connectivity index (χ1) is 9.75. The van der Waals surface area contributed by atoms with Gasteiger partial charge in [-0.25, -0.2) is 0 Å². The SMILES string of the molecule is NC(=NOCCOc1ccccc1)c1cccc(Cl)c1. The van der Waals surface area contributed by atoms with Crippen LogP contribution in [0.25, 0.3) is 0 Å². The smallest absolute Gasteiger partial charge is 0.170 e. The van der Waals surface area contributed by atoms with Crippen LogP contribution in [0, 0.1) is 0 Å². The first-order valence-electron chi connectivity index (χ1n) is 6.15. The van der Waals surface area contributed by atoms with Gasteiger partial charge in [-0.15, -0.1) is 0 Å². The van der Waals surface area contributed by atoms with Gasteiger partial charge in [-0.2, -0.15) is 0 Å². The van der Waals surface area contributed by atoms with E-state index >= 15 is 0 Å². The quantitative estimate of drug-likeness (QED) is 0.385. The van der Waals surface area contributed by atoms with Gasteiger partial charge in [0.05, 0.1) is 0 Å². The Hall–Kier alpha value is -2.20. The Morgan fingerprint density at radius 1 is 1.05 bits per heavy atom. The molecule has 0 heterocycles. The molecule has 0 spiro atoms. The zero-order valence-corrected chi connectivity index (χ0v) is 11.6. The van der Waals surface area contributed by atoms with Crippen molar-refractivity contribution < 1.29 is 9.57 Å². The number of ether oxygens (including phenoxy) is 1. The number of rotatable bonds is 6. The second-order valence-corrected chi connectivity index (χ2v) is 4.42. The Morgan fingerprint density at radius 3 is 2.60 bits per heavy atom. The van der Waals surface area contributed by atoms with Gasteiger partial charge in [0.1, 0.15) is 12.4 Å².